The van der Waals surface area contributed by atoms with Crippen molar-refractivity contribution in [1.29, 1.82) is 0 Å². The van der Waals surface area contributed by atoms with E-state index in [1.165, 1.54) is 14.1 Å². The van der Waals surface area contributed by atoms with Crippen molar-refractivity contribution in [3.05, 3.63) is 71.7 Å². The number of sulfonamides is 1. The number of halogens is 1. The topological polar surface area (TPSA) is 89.7 Å². The van der Waals surface area contributed by atoms with Crippen molar-refractivity contribution < 1.29 is 26.9 Å². The summed E-state index contributed by atoms with van der Waals surface area (Å²) in [7, 11) is -1.13. The molecule has 0 amide bonds. The molecule has 1 heterocycles. The zero-order valence-corrected chi connectivity index (χ0v) is 15.9. The van der Waals surface area contributed by atoms with Gasteiger partial charge in [-0.3, -0.25) is 0 Å². The lowest BCUT2D eigenvalue weighted by molar-refractivity contribution is 0.0458. The molecule has 0 aliphatic carbocycles. The second-order valence-corrected chi connectivity index (χ2v) is 8.21. The number of carbonyl (C=O) groups excluding carboxylic acids is 1. The minimum atomic E-state index is -3.81. The van der Waals surface area contributed by atoms with E-state index in [0.29, 0.717) is 11.5 Å². The number of carbonyl (C=O) groups is 1. The van der Waals surface area contributed by atoms with E-state index in [-0.39, 0.29) is 11.5 Å². The summed E-state index contributed by atoms with van der Waals surface area (Å²) >= 11 is 0. The van der Waals surface area contributed by atoms with Gasteiger partial charge in [-0.2, -0.15) is 0 Å². The molecule has 0 atom stereocenters. The van der Waals surface area contributed by atoms with Crippen LogP contribution in [0.3, 0.4) is 0 Å². The highest BCUT2D eigenvalue weighted by Gasteiger charge is 2.22. The Kier molecular flexibility index (Phi) is 5.57. The summed E-state index contributed by atoms with van der Waals surface area (Å²) in [5.41, 5.74) is 0.666. The Balaban J connectivity index is 1.75. The van der Waals surface area contributed by atoms with E-state index in [9.17, 15) is 17.6 Å². The first-order valence-electron chi connectivity index (χ1n) is 8.19. The highest BCUT2D eigenvalue weighted by Crippen LogP contribution is 2.21. The number of esters is 1. The number of aromatic nitrogens is 1. The fraction of sp³-hybridized carbons (Fsp3) is 0.158. The van der Waals surface area contributed by atoms with Crippen LogP contribution in [0.2, 0.25) is 0 Å². The Morgan fingerprint density at radius 1 is 1.14 bits per heavy atom. The van der Waals surface area contributed by atoms with Gasteiger partial charge >= 0.3 is 5.97 Å². The van der Waals surface area contributed by atoms with Crippen LogP contribution in [0.5, 0.6) is 0 Å². The maximum atomic E-state index is 14.0. The number of nitrogens with zero attached hydrogens (tertiary/aromatic N) is 2. The van der Waals surface area contributed by atoms with Crippen LogP contribution in [0.15, 0.2) is 64.0 Å². The quantitative estimate of drug-likeness (QED) is 0.587. The van der Waals surface area contributed by atoms with Crippen molar-refractivity contribution in [3.8, 4) is 11.3 Å². The molecule has 28 heavy (non-hydrogen) atoms. The Morgan fingerprint density at radius 2 is 1.86 bits per heavy atom. The van der Waals surface area contributed by atoms with Crippen LogP contribution in [0.1, 0.15) is 16.1 Å². The lowest BCUT2D eigenvalue weighted by Crippen LogP contribution is -2.22. The highest BCUT2D eigenvalue weighted by molar-refractivity contribution is 7.89. The third-order valence-electron chi connectivity index (χ3n) is 3.90. The fourth-order valence-corrected chi connectivity index (χ4v) is 3.30. The summed E-state index contributed by atoms with van der Waals surface area (Å²) in [5.74, 6) is -1.39. The van der Waals surface area contributed by atoms with Crippen LogP contribution in [-0.4, -0.2) is 37.9 Å². The average Bonchev–Trinajstić information content (AvgIpc) is 3.16. The molecule has 3 aromatic rings. The SMILES string of the molecule is CN(C)S(=O)(=O)c1ccc(F)c(C(=O)OCc2cc(-c3ccccc3)on2)c1. The highest BCUT2D eigenvalue weighted by atomic mass is 32.2. The molecule has 7 nitrogen and oxygen atoms in total. The number of hydrogen-bond acceptors (Lipinski definition) is 6. The van der Waals surface area contributed by atoms with E-state index in [0.717, 1.165) is 28.1 Å². The van der Waals surface area contributed by atoms with Crippen LogP contribution < -0.4 is 0 Å². The van der Waals surface area contributed by atoms with Gasteiger partial charge in [0.05, 0.1) is 10.5 Å². The Morgan fingerprint density at radius 3 is 2.54 bits per heavy atom. The van der Waals surface area contributed by atoms with E-state index >= 15 is 0 Å². The zero-order valence-electron chi connectivity index (χ0n) is 15.1. The summed E-state index contributed by atoms with van der Waals surface area (Å²) < 4.78 is 49.6. The molecule has 0 radical (unpaired) electrons. The van der Waals surface area contributed by atoms with E-state index in [1.54, 1.807) is 6.07 Å². The van der Waals surface area contributed by atoms with Gasteiger partial charge in [-0.15, -0.1) is 0 Å². The van der Waals surface area contributed by atoms with Crippen molar-refractivity contribution in [2.75, 3.05) is 14.1 Å². The molecule has 0 spiro atoms. The lowest BCUT2D eigenvalue weighted by Gasteiger charge is -2.12. The van der Waals surface area contributed by atoms with Gasteiger partial charge in [0.2, 0.25) is 10.0 Å². The Bertz CT molecular complexity index is 1090. The van der Waals surface area contributed by atoms with Crippen molar-refractivity contribution in [1.82, 2.24) is 9.46 Å². The van der Waals surface area contributed by atoms with Crippen LogP contribution in [0.4, 0.5) is 4.39 Å². The minimum absolute atomic E-state index is 0.210. The number of ether oxygens (including phenoxy) is 1. The lowest BCUT2D eigenvalue weighted by atomic mass is 10.2. The first kappa shape index (κ1) is 19.7. The van der Waals surface area contributed by atoms with Crippen molar-refractivity contribution >= 4 is 16.0 Å². The van der Waals surface area contributed by atoms with E-state index in [2.05, 4.69) is 5.16 Å². The van der Waals surface area contributed by atoms with Gasteiger partial charge in [-0.25, -0.2) is 21.9 Å². The van der Waals surface area contributed by atoms with Gasteiger partial charge in [-0.1, -0.05) is 35.5 Å². The molecule has 0 N–H and O–H groups in total. The van der Waals surface area contributed by atoms with E-state index < -0.39 is 27.4 Å². The molecule has 0 unspecified atom stereocenters. The first-order valence-corrected chi connectivity index (χ1v) is 9.63. The Labute approximate surface area is 161 Å². The monoisotopic (exact) mass is 404 g/mol. The van der Waals surface area contributed by atoms with Crippen LogP contribution in [0, 0.1) is 5.82 Å². The van der Waals surface area contributed by atoms with Gasteiger partial charge in [0.1, 0.15) is 18.1 Å². The third-order valence-corrected chi connectivity index (χ3v) is 5.72. The van der Waals surface area contributed by atoms with Crippen molar-refractivity contribution in [2.45, 2.75) is 11.5 Å². The largest absolute Gasteiger partial charge is 0.455 e. The molecular formula is C19H17FN2O5S. The Hall–Kier alpha value is -3.04. The minimum Gasteiger partial charge on any atom is -0.455 e. The van der Waals surface area contributed by atoms with Gasteiger partial charge in [0.15, 0.2) is 5.76 Å². The van der Waals surface area contributed by atoms with Gasteiger partial charge in [0, 0.05) is 25.7 Å². The van der Waals surface area contributed by atoms with E-state index in [1.807, 2.05) is 30.3 Å². The molecular weight excluding hydrogens is 387 g/mol. The zero-order chi connectivity index (χ0) is 20.3. The summed E-state index contributed by atoms with van der Waals surface area (Å²) in [6.07, 6.45) is 0. The molecule has 0 bridgehead atoms. The number of benzene rings is 2. The van der Waals surface area contributed by atoms with Crippen molar-refractivity contribution in [3.63, 3.8) is 0 Å². The molecule has 0 saturated carbocycles. The first-order chi connectivity index (χ1) is 13.3. The predicted molar refractivity (Wildman–Crippen MR) is 98.3 cm³/mol. The van der Waals surface area contributed by atoms with Gasteiger partial charge < -0.3 is 9.26 Å². The number of rotatable bonds is 6. The summed E-state index contributed by atoms with van der Waals surface area (Å²) in [5, 5.41) is 3.81. The molecule has 0 saturated heterocycles. The van der Waals surface area contributed by atoms with Gasteiger partial charge in [0.25, 0.3) is 0 Å². The third kappa shape index (κ3) is 4.10. The fourth-order valence-electron chi connectivity index (χ4n) is 2.37. The predicted octanol–water partition coefficient (Wildman–Crippen LogP) is 3.09. The van der Waals surface area contributed by atoms with Gasteiger partial charge in [-0.05, 0) is 18.2 Å². The second-order valence-electron chi connectivity index (χ2n) is 6.05. The average molecular weight is 404 g/mol. The molecule has 0 aliphatic heterocycles. The maximum absolute atomic E-state index is 14.0. The summed E-state index contributed by atoms with van der Waals surface area (Å²) in [6, 6.07) is 13.8. The molecule has 0 fully saturated rings. The number of hydrogen-bond donors (Lipinski definition) is 0. The molecule has 3 rings (SSSR count). The molecule has 146 valence electrons. The molecule has 9 heteroatoms. The normalized spacial score (nSPS) is 11.6. The molecule has 0 aliphatic rings. The summed E-state index contributed by atoms with van der Waals surface area (Å²) in [4.78, 5) is 12.0. The standard InChI is InChI=1S/C19H17FN2O5S/c1-22(2)28(24,25)15-8-9-17(20)16(11-15)19(23)26-12-14-10-18(27-21-14)13-6-4-3-5-7-13/h3-11H,12H2,1-2H3. The van der Waals surface area contributed by atoms with Crippen molar-refractivity contribution in [2.24, 2.45) is 0 Å². The summed E-state index contributed by atoms with van der Waals surface area (Å²) in [6.45, 7) is -0.251. The van der Waals surface area contributed by atoms with Crippen LogP contribution >= 0.6 is 0 Å². The smallest absolute Gasteiger partial charge is 0.341 e. The molecule has 2 aromatic carbocycles. The van der Waals surface area contributed by atoms with E-state index in [4.69, 9.17) is 9.26 Å². The maximum Gasteiger partial charge on any atom is 0.341 e. The van der Waals surface area contributed by atoms with Crippen LogP contribution in [0.25, 0.3) is 11.3 Å². The molecule has 1 aromatic heterocycles. The second kappa shape index (κ2) is 7.91. The van der Waals surface area contributed by atoms with Crippen LogP contribution in [-0.2, 0) is 21.4 Å².